The minimum absolute atomic E-state index is 0.0966. The van der Waals surface area contributed by atoms with Crippen molar-refractivity contribution >= 4 is 21.7 Å². The number of carbonyl (C=O) groups is 2. The lowest BCUT2D eigenvalue weighted by Gasteiger charge is -2.32. The summed E-state index contributed by atoms with van der Waals surface area (Å²) in [5.41, 5.74) is 2.87. The second kappa shape index (κ2) is 12.0. The van der Waals surface area contributed by atoms with Gasteiger partial charge in [0.2, 0.25) is 5.91 Å². The molecule has 0 aliphatic carbocycles. The molecule has 0 unspecified atom stereocenters. The summed E-state index contributed by atoms with van der Waals surface area (Å²) in [4.78, 5) is 30.0. The van der Waals surface area contributed by atoms with E-state index >= 15 is 0 Å². The van der Waals surface area contributed by atoms with Gasteiger partial charge in [0.1, 0.15) is 15.9 Å². The Labute approximate surface area is 214 Å². The summed E-state index contributed by atoms with van der Waals surface area (Å²) in [6.07, 6.45) is 5.59. The topological polar surface area (TPSA) is 86.8 Å². The van der Waals surface area contributed by atoms with Crippen LogP contribution in [0.25, 0.3) is 0 Å². The van der Waals surface area contributed by atoms with E-state index in [2.05, 4.69) is 40.5 Å². The Morgan fingerprint density at radius 2 is 1.75 bits per heavy atom. The van der Waals surface area contributed by atoms with Crippen molar-refractivity contribution in [2.75, 3.05) is 38.2 Å². The zero-order chi connectivity index (χ0) is 25.5. The maximum absolute atomic E-state index is 13.1. The zero-order valence-electron chi connectivity index (χ0n) is 21.1. The Morgan fingerprint density at radius 3 is 2.44 bits per heavy atom. The van der Waals surface area contributed by atoms with E-state index in [1.165, 1.54) is 23.3 Å². The smallest absolute Gasteiger partial charge is 0.255 e. The normalized spacial score (nSPS) is 17.7. The zero-order valence-corrected chi connectivity index (χ0v) is 21.9. The minimum atomic E-state index is -3.26. The van der Waals surface area contributed by atoms with Gasteiger partial charge in [-0.1, -0.05) is 48.5 Å². The molecule has 36 heavy (non-hydrogen) atoms. The van der Waals surface area contributed by atoms with Gasteiger partial charge in [-0.3, -0.25) is 9.59 Å². The molecule has 7 nitrogen and oxygen atoms in total. The van der Waals surface area contributed by atoms with E-state index in [1.54, 1.807) is 12.1 Å². The summed E-state index contributed by atoms with van der Waals surface area (Å²) < 4.78 is 23.6. The highest BCUT2D eigenvalue weighted by Gasteiger charge is 2.36. The van der Waals surface area contributed by atoms with E-state index in [4.69, 9.17) is 0 Å². The quantitative estimate of drug-likeness (QED) is 0.469. The molecule has 2 heterocycles. The van der Waals surface area contributed by atoms with Crippen LogP contribution in [-0.4, -0.2) is 74.3 Å². The number of carbonyl (C=O) groups excluding carboxylic acids is 2. The SMILES string of the molecule is CS(=O)(=O)CC[C@H](C(=O)NCCCN1CCC(Cc2ccccc2)CC1)N1Cc2ccccc2C1=O. The number of fused-ring (bicyclic) bond motifs is 1. The molecule has 2 amide bonds. The molecule has 1 atom stereocenters. The van der Waals surface area contributed by atoms with Crippen LogP contribution in [0.2, 0.25) is 0 Å². The third-order valence-electron chi connectivity index (χ3n) is 7.31. The lowest BCUT2D eigenvalue weighted by Crippen LogP contribution is -2.48. The Bertz CT molecular complexity index is 1140. The van der Waals surface area contributed by atoms with Crippen molar-refractivity contribution in [3.05, 3.63) is 71.3 Å². The predicted octanol–water partition coefficient (Wildman–Crippen LogP) is 2.91. The van der Waals surface area contributed by atoms with Crippen LogP contribution in [0, 0.1) is 5.92 Å². The van der Waals surface area contributed by atoms with Gasteiger partial charge in [-0.15, -0.1) is 0 Å². The van der Waals surface area contributed by atoms with Gasteiger partial charge in [0, 0.05) is 24.9 Å². The summed E-state index contributed by atoms with van der Waals surface area (Å²) in [6.45, 7) is 3.90. The van der Waals surface area contributed by atoms with Crippen LogP contribution in [0.15, 0.2) is 54.6 Å². The Kier molecular flexibility index (Phi) is 8.80. The van der Waals surface area contributed by atoms with Crippen molar-refractivity contribution in [2.24, 2.45) is 5.92 Å². The van der Waals surface area contributed by atoms with Crippen molar-refractivity contribution in [1.29, 1.82) is 0 Å². The minimum Gasteiger partial charge on any atom is -0.354 e. The fourth-order valence-electron chi connectivity index (χ4n) is 5.28. The van der Waals surface area contributed by atoms with E-state index in [0.717, 1.165) is 50.2 Å². The van der Waals surface area contributed by atoms with Gasteiger partial charge in [-0.2, -0.15) is 0 Å². The first-order chi connectivity index (χ1) is 17.3. The van der Waals surface area contributed by atoms with Crippen molar-refractivity contribution < 1.29 is 18.0 Å². The highest BCUT2D eigenvalue weighted by atomic mass is 32.2. The van der Waals surface area contributed by atoms with Crippen LogP contribution in [0.4, 0.5) is 0 Å². The van der Waals surface area contributed by atoms with Crippen LogP contribution < -0.4 is 5.32 Å². The number of piperidine rings is 1. The van der Waals surface area contributed by atoms with Crippen LogP contribution >= 0.6 is 0 Å². The summed E-state index contributed by atoms with van der Waals surface area (Å²) in [5.74, 6) is 0.100. The van der Waals surface area contributed by atoms with Crippen molar-refractivity contribution in [2.45, 2.75) is 44.7 Å². The van der Waals surface area contributed by atoms with E-state index in [1.807, 2.05) is 12.1 Å². The molecule has 0 spiro atoms. The number of sulfone groups is 1. The van der Waals surface area contributed by atoms with Gasteiger partial charge < -0.3 is 15.1 Å². The number of benzene rings is 2. The molecule has 2 aromatic carbocycles. The number of nitrogens with zero attached hydrogens (tertiary/aromatic N) is 2. The average Bonchev–Trinajstić information content (AvgIpc) is 3.19. The molecule has 2 aliphatic heterocycles. The molecule has 1 N–H and O–H groups in total. The first-order valence-electron chi connectivity index (χ1n) is 12.9. The molecule has 0 radical (unpaired) electrons. The van der Waals surface area contributed by atoms with E-state index in [0.29, 0.717) is 18.7 Å². The molecule has 2 aliphatic rings. The van der Waals surface area contributed by atoms with Crippen LogP contribution in [0.3, 0.4) is 0 Å². The molecule has 1 saturated heterocycles. The molecule has 8 heteroatoms. The van der Waals surface area contributed by atoms with Gasteiger partial charge >= 0.3 is 0 Å². The standard InChI is InChI=1S/C28H37N3O4S/c1-36(34,35)19-14-26(31-21-24-10-5-6-11-25(24)28(31)33)27(32)29-15-7-16-30-17-12-23(13-18-30)20-22-8-3-2-4-9-22/h2-6,8-11,23,26H,7,12-21H2,1H3,(H,29,32)/t26-/m1/s1. The fraction of sp³-hybridized carbons (Fsp3) is 0.500. The second-order valence-corrected chi connectivity index (χ2v) is 12.4. The first-order valence-corrected chi connectivity index (χ1v) is 15.0. The van der Waals surface area contributed by atoms with E-state index in [-0.39, 0.29) is 24.0 Å². The molecule has 0 saturated carbocycles. The van der Waals surface area contributed by atoms with E-state index in [9.17, 15) is 18.0 Å². The number of hydrogen-bond acceptors (Lipinski definition) is 5. The molecular weight excluding hydrogens is 474 g/mol. The highest BCUT2D eigenvalue weighted by Crippen LogP contribution is 2.26. The number of nitrogens with one attached hydrogen (secondary N) is 1. The second-order valence-electron chi connectivity index (χ2n) is 10.1. The van der Waals surface area contributed by atoms with Gasteiger partial charge in [-0.25, -0.2) is 8.42 Å². The van der Waals surface area contributed by atoms with E-state index < -0.39 is 15.9 Å². The Hall–Kier alpha value is -2.71. The Balaban J connectivity index is 1.23. The molecule has 0 aromatic heterocycles. The van der Waals surface area contributed by atoms with Crippen LogP contribution in [-0.2, 0) is 27.6 Å². The first kappa shape index (κ1) is 26.4. The average molecular weight is 512 g/mol. The van der Waals surface area contributed by atoms with Crippen molar-refractivity contribution in [3.8, 4) is 0 Å². The maximum atomic E-state index is 13.1. The number of likely N-dealkylation sites (tertiary alicyclic amines) is 1. The molecule has 4 rings (SSSR count). The summed E-state index contributed by atoms with van der Waals surface area (Å²) >= 11 is 0. The van der Waals surface area contributed by atoms with Crippen LogP contribution in [0.5, 0.6) is 0 Å². The summed E-state index contributed by atoms with van der Waals surface area (Å²) in [5, 5.41) is 2.97. The molecular formula is C28H37N3O4S. The Morgan fingerprint density at radius 1 is 1.06 bits per heavy atom. The molecule has 194 valence electrons. The molecule has 2 aromatic rings. The third-order valence-corrected chi connectivity index (χ3v) is 8.29. The van der Waals surface area contributed by atoms with Crippen molar-refractivity contribution in [1.82, 2.24) is 15.1 Å². The highest BCUT2D eigenvalue weighted by molar-refractivity contribution is 7.90. The van der Waals surface area contributed by atoms with Gasteiger partial charge in [0.05, 0.1) is 5.75 Å². The number of hydrogen-bond donors (Lipinski definition) is 1. The predicted molar refractivity (Wildman–Crippen MR) is 141 cm³/mol. The summed E-state index contributed by atoms with van der Waals surface area (Å²) in [7, 11) is -3.26. The monoisotopic (exact) mass is 511 g/mol. The van der Waals surface area contributed by atoms with Gasteiger partial charge in [0.25, 0.3) is 5.91 Å². The lowest BCUT2D eigenvalue weighted by atomic mass is 9.90. The molecule has 1 fully saturated rings. The summed E-state index contributed by atoms with van der Waals surface area (Å²) in [6, 6.07) is 17.2. The van der Waals surface area contributed by atoms with Crippen molar-refractivity contribution in [3.63, 3.8) is 0 Å². The fourth-order valence-corrected chi connectivity index (χ4v) is 5.93. The largest absolute Gasteiger partial charge is 0.354 e. The number of amides is 2. The molecule has 0 bridgehead atoms. The maximum Gasteiger partial charge on any atom is 0.255 e. The van der Waals surface area contributed by atoms with Gasteiger partial charge in [-0.05, 0) is 74.8 Å². The van der Waals surface area contributed by atoms with Crippen LogP contribution in [0.1, 0.15) is 47.2 Å². The lowest BCUT2D eigenvalue weighted by molar-refractivity contribution is -0.125. The third kappa shape index (κ3) is 7.17. The number of rotatable bonds is 11. The van der Waals surface area contributed by atoms with Gasteiger partial charge in [0.15, 0.2) is 0 Å².